The number of thiazole rings is 1. The van der Waals surface area contributed by atoms with E-state index in [0.717, 1.165) is 57.8 Å². The molecule has 0 aliphatic carbocycles. The summed E-state index contributed by atoms with van der Waals surface area (Å²) in [5.74, 6) is -0.279. The number of carbonyl (C=O) groups is 2. The summed E-state index contributed by atoms with van der Waals surface area (Å²) in [5, 5.41) is 8.14. The quantitative estimate of drug-likeness (QED) is 0.562. The lowest BCUT2D eigenvalue weighted by Crippen LogP contribution is -2.46. The van der Waals surface area contributed by atoms with Gasteiger partial charge in [0.1, 0.15) is 4.70 Å². The van der Waals surface area contributed by atoms with Crippen LogP contribution in [0, 0.1) is 6.92 Å². The maximum absolute atomic E-state index is 13.8. The number of nitrogens with one attached hydrogen (secondary N) is 1. The predicted molar refractivity (Wildman–Crippen MR) is 141 cm³/mol. The van der Waals surface area contributed by atoms with Crippen molar-refractivity contribution in [2.75, 3.05) is 44.7 Å². The Bertz CT molecular complexity index is 1250. The number of anilines is 1. The minimum Gasteiger partial charge on any atom is -0.379 e. The van der Waals surface area contributed by atoms with E-state index < -0.39 is 0 Å². The SMILES string of the molecule is Cc1ccc(C(=O)Nc2nc3c(s2)c(C(=O)N2CCC[C@H]2CN2CCOCC2)nn3C(C)(C)C)cc1. The van der Waals surface area contributed by atoms with E-state index in [2.05, 4.69) is 10.2 Å². The van der Waals surface area contributed by atoms with Gasteiger partial charge in [-0.2, -0.15) is 10.1 Å². The van der Waals surface area contributed by atoms with Crippen molar-refractivity contribution in [3.63, 3.8) is 0 Å². The van der Waals surface area contributed by atoms with Crippen molar-refractivity contribution in [3.05, 3.63) is 41.1 Å². The predicted octanol–water partition coefficient (Wildman–Crippen LogP) is 3.75. The number of fused-ring (bicyclic) bond motifs is 1. The van der Waals surface area contributed by atoms with E-state index in [0.29, 0.717) is 26.7 Å². The number of carbonyl (C=O) groups excluding carboxylic acids is 2. The Morgan fingerprint density at radius 2 is 1.86 bits per heavy atom. The molecule has 10 heteroatoms. The fourth-order valence-electron chi connectivity index (χ4n) is 4.85. The summed E-state index contributed by atoms with van der Waals surface area (Å²) in [6, 6.07) is 7.58. The lowest BCUT2D eigenvalue weighted by molar-refractivity contribution is 0.0260. The highest BCUT2D eigenvalue weighted by molar-refractivity contribution is 7.22. The Hall–Kier alpha value is -2.82. The molecule has 2 aliphatic rings. The fraction of sp³-hybridized carbons (Fsp3) is 0.538. The second-order valence-corrected chi connectivity index (χ2v) is 11.6. The highest BCUT2D eigenvalue weighted by Gasteiger charge is 2.35. The van der Waals surface area contributed by atoms with Crippen LogP contribution in [0.1, 0.15) is 60.0 Å². The summed E-state index contributed by atoms with van der Waals surface area (Å²) in [4.78, 5) is 35.7. The second-order valence-electron chi connectivity index (χ2n) is 10.6. The van der Waals surface area contributed by atoms with E-state index in [4.69, 9.17) is 14.8 Å². The first-order valence-corrected chi connectivity index (χ1v) is 13.4. The molecule has 1 N–H and O–H groups in total. The van der Waals surface area contributed by atoms with Gasteiger partial charge in [-0.1, -0.05) is 29.0 Å². The topological polar surface area (TPSA) is 92.6 Å². The maximum atomic E-state index is 13.8. The number of aromatic nitrogens is 3. The third-order valence-electron chi connectivity index (χ3n) is 6.81. The lowest BCUT2D eigenvalue weighted by atomic mass is 10.1. The van der Waals surface area contributed by atoms with Crippen molar-refractivity contribution in [2.24, 2.45) is 0 Å². The summed E-state index contributed by atoms with van der Waals surface area (Å²) < 4.78 is 8.00. The first-order valence-electron chi connectivity index (χ1n) is 12.6. The van der Waals surface area contributed by atoms with Gasteiger partial charge in [-0.15, -0.1) is 0 Å². The van der Waals surface area contributed by atoms with E-state index in [1.54, 1.807) is 16.8 Å². The standard InChI is InChI=1S/C26H34N6O3S/c1-17-7-9-18(10-8-17)23(33)28-25-27-22-21(36-25)20(29-32(22)26(2,3)4)24(34)31-11-5-6-19(31)16-30-12-14-35-15-13-30/h7-10,19H,5-6,11-16H2,1-4H3,(H,27,28,33)/t19-/m0/s1. The van der Waals surface area contributed by atoms with Gasteiger partial charge in [0, 0.05) is 37.8 Å². The molecule has 5 rings (SSSR count). The minimum absolute atomic E-state index is 0.0566. The van der Waals surface area contributed by atoms with E-state index >= 15 is 0 Å². The Balaban J connectivity index is 1.43. The monoisotopic (exact) mass is 510 g/mol. The van der Waals surface area contributed by atoms with Crippen LogP contribution in [-0.4, -0.2) is 81.8 Å². The first-order chi connectivity index (χ1) is 17.2. The molecule has 2 fully saturated rings. The van der Waals surface area contributed by atoms with E-state index in [9.17, 15) is 9.59 Å². The molecule has 2 saturated heterocycles. The molecule has 0 bridgehead atoms. The average molecular weight is 511 g/mol. The molecule has 3 aromatic rings. The van der Waals surface area contributed by atoms with Crippen molar-refractivity contribution in [2.45, 2.75) is 52.1 Å². The zero-order chi connectivity index (χ0) is 25.4. The molecule has 9 nitrogen and oxygen atoms in total. The van der Waals surface area contributed by atoms with Crippen LogP contribution in [0.3, 0.4) is 0 Å². The number of amides is 2. The molecule has 2 aromatic heterocycles. The molecule has 36 heavy (non-hydrogen) atoms. The number of rotatable bonds is 5. The van der Waals surface area contributed by atoms with Gasteiger partial charge in [-0.25, -0.2) is 4.68 Å². The molecule has 2 amide bonds. The fourth-order valence-corrected chi connectivity index (χ4v) is 5.77. The smallest absolute Gasteiger partial charge is 0.276 e. The Kier molecular flexibility index (Phi) is 6.84. The number of aryl methyl sites for hydroxylation is 1. The third kappa shape index (κ3) is 5.02. The third-order valence-corrected chi connectivity index (χ3v) is 7.77. The van der Waals surface area contributed by atoms with Gasteiger partial charge < -0.3 is 9.64 Å². The molecule has 1 atom stereocenters. The van der Waals surface area contributed by atoms with Crippen molar-refractivity contribution < 1.29 is 14.3 Å². The molecule has 0 saturated carbocycles. The van der Waals surface area contributed by atoms with Gasteiger partial charge in [-0.05, 0) is 52.7 Å². The maximum Gasteiger partial charge on any atom is 0.276 e. The molecule has 0 unspecified atom stereocenters. The van der Waals surface area contributed by atoms with E-state index in [1.807, 2.05) is 44.7 Å². The zero-order valence-corrected chi connectivity index (χ0v) is 22.2. The number of hydrogen-bond acceptors (Lipinski definition) is 7. The summed E-state index contributed by atoms with van der Waals surface area (Å²) in [5.41, 5.74) is 2.33. The van der Waals surface area contributed by atoms with Crippen LogP contribution < -0.4 is 5.32 Å². The molecule has 192 valence electrons. The summed E-state index contributed by atoms with van der Waals surface area (Å²) in [6.45, 7) is 13.0. The number of hydrogen-bond donors (Lipinski definition) is 1. The zero-order valence-electron chi connectivity index (χ0n) is 21.4. The average Bonchev–Trinajstić information content (AvgIpc) is 3.54. The number of nitrogens with zero attached hydrogens (tertiary/aromatic N) is 5. The Morgan fingerprint density at radius 1 is 1.14 bits per heavy atom. The summed E-state index contributed by atoms with van der Waals surface area (Å²) in [7, 11) is 0. The first kappa shape index (κ1) is 24.9. The molecule has 0 radical (unpaired) electrons. The Morgan fingerprint density at radius 3 is 2.56 bits per heavy atom. The molecule has 1 aromatic carbocycles. The van der Waals surface area contributed by atoms with Crippen LogP contribution in [0.4, 0.5) is 5.13 Å². The highest BCUT2D eigenvalue weighted by Crippen LogP contribution is 2.34. The molecule has 0 spiro atoms. The van der Waals surface area contributed by atoms with Crippen LogP contribution in [0.15, 0.2) is 24.3 Å². The Labute approximate surface area is 215 Å². The van der Waals surface area contributed by atoms with Crippen LogP contribution in [0.2, 0.25) is 0 Å². The second kappa shape index (κ2) is 9.91. The highest BCUT2D eigenvalue weighted by atomic mass is 32.1. The van der Waals surface area contributed by atoms with Gasteiger partial charge >= 0.3 is 0 Å². The summed E-state index contributed by atoms with van der Waals surface area (Å²) in [6.07, 6.45) is 1.98. The van der Waals surface area contributed by atoms with Gasteiger partial charge in [0.05, 0.1) is 18.8 Å². The van der Waals surface area contributed by atoms with Crippen molar-refractivity contribution in [3.8, 4) is 0 Å². The van der Waals surface area contributed by atoms with E-state index in [-0.39, 0.29) is 23.4 Å². The normalized spacial score (nSPS) is 19.2. The number of morpholine rings is 1. The van der Waals surface area contributed by atoms with Gasteiger partial charge in [0.25, 0.3) is 11.8 Å². The van der Waals surface area contributed by atoms with Crippen LogP contribution in [-0.2, 0) is 10.3 Å². The number of likely N-dealkylation sites (tertiary alicyclic amines) is 1. The van der Waals surface area contributed by atoms with Crippen LogP contribution in [0.5, 0.6) is 0 Å². The summed E-state index contributed by atoms with van der Waals surface area (Å²) >= 11 is 1.31. The number of ether oxygens (including phenoxy) is 1. The van der Waals surface area contributed by atoms with Gasteiger partial charge in [0.2, 0.25) is 0 Å². The van der Waals surface area contributed by atoms with E-state index in [1.165, 1.54) is 11.3 Å². The van der Waals surface area contributed by atoms with Gasteiger partial charge in [0.15, 0.2) is 16.5 Å². The van der Waals surface area contributed by atoms with Crippen molar-refractivity contribution in [1.82, 2.24) is 24.6 Å². The molecule has 4 heterocycles. The van der Waals surface area contributed by atoms with Crippen molar-refractivity contribution in [1.29, 1.82) is 0 Å². The van der Waals surface area contributed by atoms with Gasteiger partial charge in [-0.3, -0.25) is 19.8 Å². The largest absolute Gasteiger partial charge is 0.379 e. The van der Waals surface area contributed by atoms with Crippen LogP contribution in [0.25, 0.3) is 10.3 Å². The molecular weight excluding hydrogens is 476 g/mol. The molecule has 2 aliphatic heterocycles. The minimum atomic E-state index is -0.374. The molecular formula is C26H34N6O3S. The number of benzene rings is 1. The lowest BCUT2D eigenvalue weighted by Gasteiger charge is -2.32. The van der Waals surface area contributed by atoms with Crippen LogP contribution >= 0.6 is 11.3 Å². The van der Waals surface area contributed by atoms with Crippen molar-refractivity contribution >= 4 is 38.6 Å².